The molecule has 0 spiro atoms. The Labute approximate surface area is 190 Å². The number of nitrogens with one attached hydrogen (secondary N) is 2. The SMILES string of the molecule is COc1cc(OC)c(NC(=O)c2ccc(S(=O)(=O)NCCc3cccs3)cc2)cc1Cl. The molecule has 10 heteroatoms. The molecule has 2 N–H and O–H groups in total. The second kappa shape index (κ2) is 10.1. The van der Waals surface area contributed by atoms with Gasteiger partial charge in [0.25, 0.3) is 5.91 Å². The Kier molecular flexibility index (Phi) is 7.55. The summed E-state index contributed by atoms with van der Waals surface area (Å²) >= 11 is 7.71. The Hall–Kier alpha value is -2.59. The van der Waals surface area contributed by atoms with Gasteiger partial charge in [0, 0.05) is 23.1 Å². The van der Waals surface area contributed by atoms with Crippen LogP contribution in [0.2, 0.25) is 5.02 Å². The predicted molar refractivity (Wildman–Crippen MR) is 122 cm³/mol. The first-order chi connectivity index (χ1) is 14.8. The van der Waals surface area contributed by atoms with Gasteiger partial charge < -0.3 is 14.8 Å². The predicted octanol–water partition coefficient (Wildman–Crippen LogP) is 4.19. The van der Waals surface area contributed by atoms with E-state index in [1.165, 1.54) is 44.6 Å². The first kappa shape index (κ1) is 23.1. The van der Waals surface area contributed by atoms with Crippen LogP contribution in [0.1, 0.15) is 15.2 Å². The van der Waals surface area contributed by atoms with Gasteiger partial charge in [-0.2, -0.15) is 0 Å². The summed E-state index contributed by atoms with van der Waals surface area (Å²) in [5, 5.41) is 4.97. The van der Waals surface area contributed by atoms with Gasteiger partial charge in [0.2, 0.25) is 10.0 Å². The maximum Gasteiger partial charge on any atom is 0.255 e. The minimum absolute atomic E-state index is 0.0836. The molecular formula is C21H21ClN2O5S2. The topological polar surface area (TPSA) is 93.7 Å². The molecule has 1 amide bonds. The highest BCUT2D eigenvalue weighted by atomic mass is 35.5. The summed E-state index contributed by atoms with van der Waals surface area (Å²) in [4.78, 5) is 13.8. The molecule has 3 rings (SSSR count). The Morgan fingerprint density at radius 1 is 1.06 bits per heavy atom. The molecule has 7 nitrogen and oxygen atoms in total. The minimum atomic E-state index is -3.67. The molecule has 0 radical (unpaired) electrons. The van der Waals surface area contributed by atoms with Crippen LogP contribution in [0.4, 0.5) is 5.69 Å². The zero-order chi connectivity index (χ0) is 22.4. The van der Waals surface area contributed by atoms with E-state index in [4.69, 9.17) is 21.1 Å². The van der Waals surface area contributed by atoms with Crippen molar-refractivity contribution in [2.24, 2.45) is 0 Å². The Morgan fingerprint density at radius 3 is 2.39 bits per heavy atom. The number of rotatable bonds is 9. The summed E-state index contributed by atoms with van der Waals surface area (Å²) in [5.74, 6) is 0.357. The molecule has 0 aliphatic heterocycles. The highest BCUT2D eigenvalue weighted by molar-refractivity contribution is 7.89. The lowest BCUT2D eigenvalue weighted by molar-refractivity contribution is 0.102. The molecule has 0 unspecified atom stereocenters. The molecule has 0 saturated heterocycles. The largest absolute Gasteiger partial charge is 0.495 e. The van der Waals surface area contributed by atoms with E-state index in [-0.39, 0.29) is 10.5 Å². The van der Waals surface area contributed by atoms with Crippen LogP contribution in [-0.2, 0) is 16.4 Å². The van der Waals surface area contributed by atoms with Crippen molar-refractivity contribution in [3.05, 3.63) is 69.4 Å². The lowest BCUT2D eigenvalue weighted by Crippen LogP contribution is -2.26. The van der Waals surface area contributed by atoms with Crippen LogP contribution in [0.5, 0.6) is 11.5 Å². The third-order valence-electron chi connectivity index (χ3n) is 4.39. The fourth-order valence-electron chi connectivity index (χ4n) is 2.78. The quantitative estimate of drug-likeness (QED) is 0.479. The second-order valence-electron chi connectivity index (χ2n) is 6.39. The monoisotopic (exact) mass is 480 g/mol. The van der Waals surface area contributed by atoms with E-state index in [1.807, 2.05) is 17.5 Å². The van der Waals surface area contributed by atoms with E-state index in [2.05, 4.69) is 10.0 Å². The first-order valence-corrected chi connectivity index (χ1v) is 11.9. The molecule has 0 bridgehead atoms. The molecule has 31 heavy (non-hydrogen) atoms. The molecule has 0 aliphatic carbocycles. The van der Waals surface area contributed by atoms with Crippen LogP contribution in [-0.4, -0.2) is 35.1 Å². The van der Waals surface area contributed by atoms with Crippen molar-refractivity contribution < 1.29 is 22.7 Å². The van der Waals surface area contributed by atoms with Crippen LogP contribution in [0.15, 0.2) is 58.8 Å². The Morgan fingerprint density at radius 2 is 1.77 bits per heavy atom. The number of sulfonamides is 1. The number of anilines is 1. The number of amides is 1. The lowest BCUT2D eigenvalue weighted by Gasteiger charge is -2.13. The van der Waals surface area contributed by atoms with Crippen LogP contribution >= 0.6 is 22.9 Å². The molecule has 1 aromatic heterocycles. The normalized spacial score (nSPS) is 11.2. The summed E-state index contributed by atoms with van der Waals surface area (Å²) in [6, 6.07) is 12.6. The molecule has 3 aromatic rings. The Balaban J connectivity index is 1.68. The van der Waals surface area contributed by atoms with Crippen molar-refractivity contribution in [2.75, 3.05) is 26.1 Å². The van der Waals surface area contributed by atoms with Gasteiger partial charge in [-0.1, -0.05) is 17.7 Å². The van der Waals surface area contributed by atoms with Gasteiger partial charge in [-0.15, -0.1) is 11.3 Å². The number of methoxy groups -OCH3 is 2. The molecule has 2 aromatic carbocycles. The highest BCUT2D eigenvalue weighted by Crippen LogP contribution is 2.36. The number of ether oxygens (including phenoxy) is 2. The van der Waals surface area contributed by atoms with E-state index >= 15 is 0 Å². The summed E-state index contributed by atoms with van der Waals surface area (Å²) < 4.78 is 37.9. The molecule has 0 fully saturated rings. The number of hydrogen-bond donors (Lipinski definition) is 2. The second-order valence-corrected chi connectivity index (χ2v) is 9.60. The summed E-state index contributed by atoms with van der Waals surface area (Å²) in [5.41, 5.74) is 0.650. The van der Waals surface area contributed by atoms with Gasteiger partial charge in [-0.05, 0) is 48.2 Å². The van der Waals surface area contributed by atoms with Gasteiger partial charge in [0.1, 0.15) is 11.5 Å². The number of carbonyl (C=O) groups excluding carboxylic acids is 1. The van der Waals surface area contributed by atoms with Gasteiger partial charge in [0.15, 0.2) is 0 Å². The molecule has 0 atom stereocenters. The zero-order valence-electron chi connectivity index (χ0n) is 16.8. The maximum absolute atomic E-state index is 12.6. The molecule has 164 valence electrons. The van der Waals surface area contributed by atoms with E-state index in [9.17, 15) is 13.2 Å². The average molecular weight is 481 g/mol. The molecule has 1 heterocycles. The van der Waals surface area contributed by atoms with Gasteiger partial charge in [-0.25, -0.2) is 13.1 Å². The van der Waals surface area contributed by atoms with E-state index < -0.39 is 15.9 Å². The first-order valence-electron chi connectivity index (χ1n) is 9.19. The van der Waals surface area contributed by atoms with E-state index in [0.717, 1.165) is 4.88 Å². The fourth-order valence-corrected chi connectivity index (χ4v) is 4.77. The van der Waals surface area contributed by atoms with Gasteiger partial charge in [-0.3, -0.25) is 4.79 Å². The van der Waals surface area contributed by atoms with Crippen LogP contribution in [0, 0.1) is 0 Å². The van der Waals surface area contributed by atoms with Gasteiger partial charge in [0.05, 0.1) is 29.8 Å². The van der Waals surface area contributed by atoms with Crippen molar-refractivity contribution >= 4 is 44.6 Å². The summed E-state index contributed by atoms with van der Waals surface area (Å²) in [6.45, 7) is 0.295. The van der Waals surface area contributed by atoms with E-state index in [0.29, 0.717) is 35.2 Å². The number of halogens is 1. The summed E-state index contributed by atoms with van der Waals surface area (Å²) in [7, 11) is -0.728. The number of thiophene rings is 1. The van der Waals surface area contributed by atoms with Crippen molar-refractivity contribution in [3.63, 3.8) is 0 Å². The van der Waals surface area contributed by atoms with Crippen molar-refractivity contribution in [1.82, 2.24) is 4.72 Å². The minimum Gasteiger partial charge on any atom is -0.495 e. The molecular weight excluding hydrogens is 460 g/mol. The van der Waals surface area contributed by atoms with Crippen molar-refractivity contribution in [2.45, 2.75) is 11.3 Å². The summed E-state index contributed by atoms with van der Waals surface area (Å²) in [6.07, 6.45) is 0.615. The highest BCUT2D eigenvalue weighted by Gasteiger charge is 2.17. The maximum atomic E-state index is 12.6. The molecule has 0 saturated carbocycles. The third-order valence-corrected chi connectivity index (χ3v) is 7.10. The molecule has 0 aliphatic rings. The smallest absolute Gasteiger partial charge is 0.255 e. The number of carbonyl (C=O) groups is 1. The third kappa shape index (κ3) is 5.76. The zero-order valence-corrected chi connectivity index (χ0v) is 19.2. The van der Waals surface area contributed by atoms with E-state index in [1.54, 1.807) is 17.4 Å². The Bertz CT molecular complexity index is 1150. The number of benzene rings is 2. The van der Waals surface area contributed by atoms with Crippen molar-refractivity contribution in [3.8, 4) is 11.5 Å². The van der Waals surface area contributed by atoms with Crippen LogP contribution in [0.25, 0.3) is 0 Å². The average Bonchev–Trinajstić information content (AvgIpc) is 3.27. The standard InChI is InChI=1S/C21H21ClN2O5S2/c1-28-19-13-20(29-2)18(12-17(19)22)24-21(25)14-5-7-16(8-6-14)31(26,27)23-10-9-15-4-3-11-30-15/h3-8,11-13,23H,9-10H2,1-2H3,(H,24,25). The number of hydrogen-bond acceptors (Lipinski definition) is 6. The fraction of sp³-hybridized carbons (Fsp3) is 0.190. The van der Waals surface area contributed by atoms with Gasteiger partial charge >= 0.3 is 0 Å². The van der Waals surface area contributed by atoms with Crippen molar-refractivity contribution in [1.29, 1.82) is 0 Å². The van der Waals surface area contributed by atoms with Crippen LogP contribution in [0.3, 0.4) is 0 Å². The lowest BCUT2D eigenvalue weighted by atomic mass is 10.2. The van der Waals surface area contributed by atoms with Crippen LogP contribution < -0.4 is 19.5 Å².